The van der Waals surface area contributed by atoms with Gasteiger partial charge in [-0.05, 0) is 25.8 Å². The van der Waals surface area contributed by atoms with Gasteiger partial charge in [-0.3, -0.25) is 9.36 Å². The van der Waals surface area contributed by atoms with Gasteiger partial charge in [0.15, 0.2) is 0 Å². The molecule has 138 valence electrons. The van der Waals surface area contributed by atoms with Gasteiger partial charge >= 0.3 is 6.09 Å². The summed E-state index contributed by atoms with van der Waals surface area (Å²) in [5.41, 5.74) is 0.919. The van der Waals surface area contributed by atoms with Crippen LogP contribution in [0.2, 0.25) is 0 Å². The predicted molar refractivity (Wildman–Crippen MR) is 94.5 cm³/mol. The Labute approximate surface area is 152 Å². The first-order chi connectivity index (χ1) is 12.7. The molecule has 2 amide bonds. The second-order valence-electron chi connectivity index (χ2n) is 6.13. The number of ether oxygens (including phenoxy) is 1. The third-order valence-corrected chi connectivity index (χ3v) is 4.46. The van der Waals surface area contributed by atoms with Gasteiger partial charge in [-0.15, -0.1) is 0 Å². The summed E-state index contributed by atoms with van der Waals surface area (Å²) >= 11 is 0. The monoisotopic (exact) mass is 357 g/mol. The lowest BCUT2D eigenvalue weighted by molar-refractivity contribution is -0.126. The van der Waals surface area contributed by atoms with Crippen molar-refractivity contribution < 1.29 is 14.3 Å². The highest BCUT2D eigenvalue weighted by Gasteiger charge is 2.27. The van der Waals surface area contributed by atoms with Crippen LogP contribution in [0.5, 0.6) is 0 Å². The second-order valence-corrected chi connectivity index (χ2v) is 6.13. The number of hydrogen-bond donors (Lipinski definition) is 1. The van der Waals surface area contributed by atoms with Crippen LogP contribution < -0.4 is 5.32 Å². The van der Waals surface area contributed by atoms with Gasteiger partial charge in [0, 0.05) is 49.7 Å². The molecule has 3 heterocycles. The summed E-state index contributed by atoms with van der Waals surface area (Å²) < 4.78 is 6.82. The lowest BCUT2D eigenvalue weighted by Crippen LogP contribution is -2.43. The van der Waals surface area contributed by atoms with Gasteiger partial charge in [-0.1, -0.05) is 6.07 Å². The van der Waals surface area contributed by atoms with Crippen molar-refractivity contribution in [3.05, 3.63) is 42.6 Å². The highest BCUT2D eigenvalue weighted by Crippen LogP contribution is 2.18. The van der Waals surface area contributed by atoms with Gasteiger partial charge in [-0.25, -0.2) is 14.8 Å². The Hall–Kier alpha value is -2.90. The summed E-state index contributed by atoms with van der Waals surface area (Å²) in [5, 5.41) is 2.99. The van der Waals surface area contributed by atoms with Crippen molar-refractivity contribution in [2.45, 2.75) is 26.3 Å². The smallest absolute Gasteiger partial charge is 0.409 e. The molecule has 0 aromatic carbocycles. The summed E-state index contributed by atoms with van der Waals surface area (Å²) in [7, 11) is 0. The van der Waals surface area contributed by atoms with E-state index in [9.17, 15) is 9.59 Å². The fourth-order valence-electron chi connectivity index (χ4n) is 3.05. The molecule has 1 aliphatic rings. The normalized spacial score (nSPS) is 14.9. The molecular weight excluding hydrogens is 334 g/mol. The molecule has 0 bridgehead atoms. The fourth-order valence-corrected chi connectivity index (χ4v) is 3.05. The van der Waals surface area contributed by atoms with E-state index in [0.717, 1.165) is 11.4 Å². The highest BCUT2D eigenvalue weighted by atomic mass is 16.6. The van der Waals surface area contributed by atoms with Crippen molar-refractivity contribution in [2.75, 3.05) is 19.7 Å². The van der Waals surface area contributed by atoms with Crippen LogP contribution in [0, 0.1) is 5.92 Å². The minimum atomic E-state index is -0.299. The molecule has 3 rings (SSSR count). The standard InChI is InChI=1S/C18H23N5O3/c1-2-26-18(25)22-9-5-14(6-10-22)17(24)21-12-15-4-3-7-20-16(15)23-11-8-19-13-23/h3-4,7-8,11,13-14H,2,5-6,9-10,12H2,1H3,(H,21,24). The molecule has 8 heteroatoms. The molecule has 0 spiro atoms. The lowest BCUT2D eigenvalue weighted by Gasteiger charge is -2.30. The molecule has 1 saturated heterocycles. The average molecular weight is 357 g/mol. The van der Waals surface area contributed by atoms with Crippen molar-refractivity contribution in [1.29, 1.82) is 0 Å². The lowest BCUT2D eigenvalue weighted by atomic mass is 9.96. The summed E-state index contributed by atoms with van der Waals surface area (Å²) in [6, 6.07) is 3.78. The Morgan fingerprint density at radius 3 is 2.81 bits per heavy atom. The SMILES string of the molecule is CCOC(=O)N1CCC(C(=O)NCc2cccnc2-n2ccnc2)CC1. The number of likely N-dealkylation sites (tertiary alicyclic amines) is 1. The Morgan fingerprint density at radius 2 is 2.12 bits per heavy atom. The van der Waals surface area contributed by atoms with Crippen molar-refractivity contribution >= 4 is 12.0 Å². The molecule has 0 unspecified atom stereocenters. The fraction of sp³-hybridized carbons (Fsp3) is 0.444. The van der Waals surface area contributed by atoms with Crippen LogP contribution in [0.3, 0.4) is 0 Å². The van der Waals surface area contributed by atoms with Crippen LogP contribution in [-0.4, -0.2) is 51.1 Å². The number of nitrogens with one attached hydrogen (secondary N) is 1. The topological polar surface area (TPSA) is 89.4 Å². The van der Waals surface area contributed by atoms with Crippen LogP contribution in [-0.2, 0) is 16.1 Å². The van der Waals surface area contributed by atoms with Crippen molar-refractivity contribution in [3.63, 3.8) is 0 Å². The van der Waals surface area contributed by atoms with Gasteiger partial charge < -0.3 is 15.0 Å². The molecule has 0 aliphatic carbocycles. The molecule has 0 saturated carbocycles. The number of rotatable bonds is 5. The molecule has 26 heavy (non-hydrogen) atoms. The quantitative estimate of drug-likeness (QED) is 0.881. The number of nitrogens with zero attached hydrogens (tertiary/aromatic N) is 4. The maximum Gasteiger partial charge on any atom is 0.409 e. The highest BCUT2D eigenvalue weighted by molar-refractivity contribution is 5.79. The molecule has 1 fully saturated rings. The first kappa shape index (κ1) is 17.9. The molecule has 1 N–H and O–H groups in total. The summed E-state index contributed by atoms with van der Waals surface area (Å²) in [4.78, 5) is 34.3. The van der Waals surface area contributed by atoms with E-state index in [1.807, 2.05) is 22.9 Å². The van der Waals surface area contributed by atoms with Gasteiger partial charge in [0.25, 0.3) is 0 Å². The van der Waals surface area contributed by atoms with E-state index in [0.29, 0.717) is 39.1 Å². The first-order valence-corrected chi connectivity index (χ1v) is 8.80. The van der Waals surface area contributed by atoms with Crippen LogP contribution in [0.25, 0.3) is 5.82 Å². The summed E-state index contributed by atoms with van der Waals surface area (Å²) in [6.45, 7) is 3.64. The number of carbonyl (C=O) groups excluding carboxylic acids is 2. The van der Waals surface area contributed by atoms with Crippen molar-refractivity contribution in [2.24, 2.45) is 5.92 Å². The Kier molecular flexibility index (Phi) is 5.83. The molecule has 0 atom stereocenters. The molecule has 1 aliphatic heterocycles. The van der Waals surface area contributed by atoms with E-state index in [1.54, 1.807) is 30.5 Å². The van der Waals surface area contributed by atoms with Crippen molar-refractivity contribution in [3.8, 4) is 5.82 Å². The number of carbonyl (C=O) groups is 2. The van der Waals surface area contributed by atoms with E-state index in [4.69, 9.17) is 4.74 Å². The van der Waals surface area contributed by atoms with Crippen molar-refractivity contribution in [1.82, 2.24) is 24.8 Å². The molecule has 2 aromatic rings. The van der Waals surface area contributed by atoms with Gasteiger partial charge in [-0.2, -0.15) is 0 Å². The van der Waals surface area contributed by atoms with Gasteiger partial charge in [0.05, 0.1) is 6.61 Å². The number of imidazole rings is 1. The van der Waals surface area contributed by atoms with E-state index < -0.39 is 0 Å². The summed E-state index contributed by atoms with van der Waals surface area (Å²) in [5.74, 6) is 0.672. The van der Waals surface area contributed by atoms with E-state index in [2.05, 4.69) is 15.3 Å². The molecular formula is C18H23N5O3. The first-order valence-electron chi connectivity index (χ1n) is 8.80. The third kappa shape index (κ3) is 4.19. The number of hydrogen-bond acceptors (Lipinski definition) is 5. The zero-order valence-electron chi connectivity index (χ0n) is 14.8. The Balaban J connectivity index is 1.54. The van der Waals surface area contributed by atoms with E-state index >= 15 is 0 Å². The van der Waals surface area contributed by atoms with Crippen LogP contribution in [0.4, 0.5) is 4.79 Å². The minimum Gasteiger partial charge on any atom is -0.450 e. The number of aromatic nitrogens is 3. The van der Waals surface area contributed by atoms with E-state index in [1.165, 1.54) is 0 Å². The zero-order valence-corrected chi connectivity index (χ0v) is 14.8. The maximum atomic E-state index is 12.5. The Bertz CT molecular complexity index is 739. The summed E-state index contributed by atoms with van der Waals surface area (Å²) in [6.07, 6.45) is 7.89. The van der Waals surface area contributed by atoms with Gasteiger partial charge in [0.2, 0.25) is 5.91 Å². The number of piperidine rings is 1. The average Bonchev–Trinajstić information content (AvgIpc) is 3.21. The number of pyridine rings is 1. The maximum absolute atomic E-state index is 12.5. The zero-order chi connectivity index (χ0) is 18.4. The second kappa shape index (κ2) is 8.46. The van der Waals surface area contributed by atoms with Gasteiger partial charge in [0.1, 0.15) is 12.1 Å². The minimum absolute atomic E-state index is 0.00828. The van der Waals surface area contributed by atoms with Crippen LogP contribution in [0.1, 0.15) is 25.3 Å². The largest absolute Gasteiger partial charge is 0.450 e. The Morgan fingerprint density at radius 1 is 1.31 bits per heavy atom. The van der Waals surface area contributed by atoms with Crippen LogP contribution in [0.15, 0.2) is 37.1 Å². The predicted octanol–water partition coefficient (Wildman–Crippen LogP) is 1.75. The molecule has 0 radical (unpaired) electrons. The molecule has 8 nitrogen and oxygen atoms in total. The van der Waals surface area contributed by atoms with E-state index in [-0.39, 0.29) is 17.9 Å². The van der Waals surface area contributed by atoms with Crippen LogP contribution >= 0.6 is 0 Å². The number of amides is 2. The third-order valence-electron chi connectivity index (χ3n) is 4.46. The molecule has 2 aromatic heterocycles.